The van der Waals surface area contributed by atoms with E-state index in [1.807, 2.05) is 31.2 Å². The molecule has 0 aliphatic heterocycles. The minimum Gasteiger partial charge on any atom is -0.504 e. The van der Waals surface area contributed by atoms with Crippen molar-refractivity contribution >= 4 is 28.5 Å². The molecule has 0 unspecified atom stereocenters. The highest BCUT2D eigenvalue weighted by Crippen LogP contribution is 2.35. The number of hydrogen-bond acceptors (Lipinski definition) is 7. The maximum absolute atomic E-state index is 13.2. The summed E-state index contributed by atoms with van der Waals surface area (Å²) in [7, 11) is 1.55. The minimum absolute atomic E-state index is 0.0570. The smallest absolute Gasteiger partial charge is 0.416 e. The number of carbonyl (C=O) groups is 1. The number of aryl methyl sites for hydroxylation is 1. The molecule has 3 aromatic carbocycles. The van der Waals surface area contributed by atoms with Crippen LogP contribution < -0.4 is 15.4 Å². The molecule has 41 heavy (non-hydrogen) atoms. The van der Waals surface area contributed by atoms with E-state index in [1.165, 1.54) is 12.1 Å². The van der Waals surface area contributed by atoms with Crippen LogP contribution in [-0.4, -0.2) is 46.6 Å². The lowest BCUT2D eigenvalue weighted by Crippen LogP contribution is -2.13. The topological polar surface area (TPSA) is 126 Å². The zero-order chi connectivity index (χ0) is 29.7. The van der Waals surface area contributed by atoms with Crippen LogP contribution in [0.4, 0.5) is 29.5 Å². The number of anilines is 2. The predicted octanol–water partition coefficient (Wildman–Crippen LogP) is 6.54. The Morgan fingerprint density at radius 3 is 2.56 bits per heavy atom. The second-order valence-corrected chi connectivity index (χ2v) is 9.39. The molecule has 0 bridgehead atoms. The van der Waals surface area contributed by atoms with Crippen molar-refractivity contribution in [3.8, 4) is 11.5 Å². The van der Waals surface area contributed by atoms with Gasteiger partial charge in [0.05, 0.1) is 17.7 Å². The molecule has 0 spiro atoms. The number of phenolic OH excluding ortho intramolecular Hbond substituents is 1. The van der Waals surface area contributed by atoms with Crippen molar-refractivity contribution in [1.29, 1.82) is 0 Å². The number of hydrogen-bond donors (Lipinski definition) is 4. The van der Waals surface area contributed by atoms with Gasteiger partial charge < -0.3 is 25.0 Å². The summed E-state index contributed by atoms with van der Waals surface area (Å²) in [6.07, 6.45) is -5.86. The zero-order valence-corrected chi connectivity index (χ0v) is 22.5. The van der Waals surface area contributed by atoms with Crippen LogP contribution in [0.5, 0.6) is 11.5 Å². The van der Waals surface area contributed by atoms with Gasteiger partial charge >= 0.3 is 12.3 Å². The summed E-state index contributed by atoms with van der Waals surface area (Å²) in [4.78, 5) is 20.2. The van der Waals surface area contributed by atoms with Gasteiger partial charge in [0, 0.05) is 30.3 Å². The normalized spacial score (nSPS) is 12.2. The summed E-state index contributed by atoms with van der Waals surface area (Å²) >= 11 is 0. The predicted molar refractivity (Wildman–Crippen MR) is 148 cm³/mol. The number of carboxylic acid groups (broad SMARTS) is 1. The van der Waals surface area contributed by atoms with E-state index in [9.17, 15) is 23.1 Å². The minimum atomic E-state index is -4.60. The molecule has 0 fully saturated rings. The third-order valence-electron chi connectivity index (χ3n) is 6.31. The van der Waals surface area contributed by atoms with Gasteiger partial charge in [0.1, 0.15) is 18.2 Å². The molecule has 9 nitrogen and oxygen atoms in total. The van der Waals surface area contributed by atoms with Gasteiger partial charge in [-0.25, -0.2) is 14.8 Å². The maximum Gasteiger partial charge on any atom is 0.416 e. The highest BCUT2D eigenvalue weighted by molar-refractivity contribution is 5.92. The molecule has 0 saturated heterocycles. The third kappa shape index (κ3) is 7.34. The molecular weight excluding hydrogens is 541 g/mol. The number of aromatic nitrogens is 2. The fourth-order valence-electron chi connectivity index (χ4n) is 4.34. The molecule has 0 saturated carbocycles. The molecule has 1 aromatic heterocycles. The molecule has 1 heterocycles. The first kappa shape index (κ1) is 29.4. The van der Waals surface area contributed by atoms with Crippen molar-refractivity contribution in [2.45, 2.75) is 32.5 Å². The van der Waals surface area contributed by atoms with E-state index in [0.717, 1.165) is 23.3 Å². The van der Waals surface area contributed by atoms with E-state index in [-0.39, 0.29) is 36.3 Å². The first-order chi connectivity index (χ1) is 19.4. The van der Waals surface area contributed by atoms with Gasteiger partial charge in [0.15, 0.2) is 11.5 Å². The Kier molecular flexibility index (Phi) is 8.82. The summed E-state index contributed by atoms with van der Waals surface area (Å²) in [6, 6.07) is 13.3. The number of amides is 1. The SMILES string of the molecule is COCCOc1cc2c(N[C@H](C)c3cccc(Cc4ccc(C(F)(F)F)cc4NC(=O)O)c3)nc(C)nc2cc1O. The van der Waals surface area contributed by atoms with Crippen molar-refractivity contribution in [3.05, 3.63) is 82.7 Å². The second kappa shape index (κ2) is 12.3. The lowest BCUT2D eigenvalue weighted by Gasteiger charge is -2.19. The molecule has 4 aromatic rings. The number of phenols is 1. The van der Waals surface area contributed by atoms with Gasteiger partial charge in [-0.2, -0.15) is 13.2 Å². The van der Waals surface area contributed by atoms with Crippen molar-refractivity contribution in [1.82, 2.24) is 9.97 Å². The molecule has 12 heteroatoms. The number of halogens is 3. The number of ether oxygens (including phenoxy) is 2. The Morgan fingerprint density at radius 1 is 1.07 bits per heavy atom. The quantitative estimate of drug-likeness (QED) is 0.158. The highest BCUT2D eigenvalue weighted by Gasteiger charge is 2.31. The highest BCUT2D eigenvalue weighted by atomic mass is 19.4. The van der Waals surface area contributed by atoms with E-state index in [1.54, 1.807) is 20.1 Å². The third-order valence-corrected chi connectivity index (χ3v) is 6.31. The number of fused-ring (bicyclic) bond motifs is 1. The lowest BCUT2D eigenvalue weighted by molar-refractivity contribution is -0.137. The standard InChI is InChI=1S/C29H29F3N4O5/c1-16(33-27-22-14-26(41-10-9-40-3)25(37)15-24(22)34-17(2)35-27)19-6-4-5-18(11-19)12-20-7-8-21(29(30,31)32)13-23(20)36-28(38)39/h4-8,11,13-16,36-37H,9-10,12H2,1-3H3,(H,38,39)(H,33,34,35)/t16-/m1/s1. The number of rotatable bonds is 10. The van der Waals surface area contributed by atoms with Crippen LogP contribution >= 0.6 is 0 Å². The van der Waals surface area contributed by atoms with Crippen LogP contribution in [0.15, 0.2) is 54.6 Å². The van der Waals surface area contributed by atoms with Gasteiger partial charge in [-0.15, -0.1) is 0 Å². The summed E-state index contributed by atoms with van der Waals surface area (Å²) in [5, 5.41) is 25.6. The Labute approximate surface area is 234 Å². The summed E-state index contributed by atoms with van der Waals surface area (Å²) in [6.45, 7) is 4.26. The fraction of sp³-hybridized carbons (Fsp3) is 0.276. The second-order valence-electron chi connectivity index (χ2n) is 9.39. The van der Waals surface area contributed by atoms with Crippen molar-refractivity contribution in [2.24, 2.45) is 0 Å². The van der Waals surface area contributed by atoms with Gasteiger partial charge in [-0.05, 0) is 55.2 Å². The molecule has 0 aliphatic rings. The van der Waals surface area contributed by atoms with Gasteiger partial charge in [-0.1, -0.05) is 30.3 Å². The average Bonchev–Trinajstić information content (AvgIpc) is 2.89. The summed E-state index contributed by atoms with van der Waals surface area (Å²) in [5.41, 5.74) is 1.49. The molecule has 216 valence electrons. The van der Waals surface area contributed by atoms with E-state index in [2.05, 4.69) is 20.6 Å². The molecule has 0 radical (unpaired) electrons. The van der Waals surface area contributed by atoms with Crippen LogP contribution in [-0.2, 0) is 17.3 Å². The number of aromatic hydroxyl groups is 1. The van der Waals surface area contributed by atoms with E-state index >= 15 is 0 Å². The van der Waals surface area contributed by atoms with E-state index in [0.29, 0.717) is 34.7 Å². The lowest BCUT2D eigenvalue weighted by atomic mass is 9.98. The molecule has 1 amide bonds. The van der Waals surface area contributed by atoms with Gasteiger partial charge in [0.2, 0.25) is 0 Å². The van der Waals surface area contributed by atoms with Gasteiger partial charge in [0.25, 0.3) is 0 Å². The van der Waals surface area contributed by atoms with E-state index in [4.69, 9.17) is 14.6 Å². The Balaban J connectivity index is 1.60. The number of nitrogens with zero attached hydrogens (tertiary/aromatic N) is 2. The maximum atomic E-state index is 13.2. The zero-order valence-electron chi connectivity index (χ0n) is 22.5. The number of nitrogens with one attached hydrogen (secondary N) is 2. The van der Waals surface area contributed by atoms with Crippen LogP contribution in [0.3, 0.4) is 0 Å². The van der Waals surface area contributed by atoms with Crippen molar-refractivity contribution < 1.29 is 37.7 Å². The molecule has 1 atom stereocenters. The monoisotopic (exact) mass is 570 g/mol. The number of methoxy groups -OCH3 is 1. The molecule has 4 rings (SSSR count). The first-order valence-electron chi connectivity index (χ1n) is 12.6. The van der Waals surface area contributed by atoms with Crippen LogP contribution in [0.25, 0.3) is 10.9 Å². The van der Waals surface area contributed by atoms with Gasteiger partial charge in [-0.3, -0.25) is 5.32 Å². The van der Waals surface area contributed by atoms with Crippen LogP contribution in [0.2, 0.25) is 0 Å². The van der Waals surface area contributed by atoms with Crippen molar-refractivity contribution in [3.63, 3.8) is 0 Å². The molecule has 4 N–H and O–H groups in total. The average molecular weight is 571 g/mol. The largest absolute Gasteiger partial charge is 0.504 e. The number of alkyl halides is 3. The Hall–Kier alpha value is -4.58. The molecular formula is C29H29F3N4O5. The van der Waals surface area contributed by atoms with Crippen LogP contribution in [0, 0.1) is 6.92 Å². The fourth-order valence-corrected chi connectivity index (χ4v) is 4.34. The summed E-state index contributed by atoms with van der Waals surface area (Å²) < 4.78 is 50.2. The number of benzene rings is 3. The van der Waals surface area contributed by atoms with E-state index < -0.39 is 17.8 Å². The molecule has 0 aliphatic carbocycles. The Morgan fingerprint density at radius 2 is 1.85 bits per heavy atom. The van der Waals surface area contributed by atoms with Crippen molar-refractivity contribution in [2.75, 3.05) is 31.0 Å². The summed E-state index contributed by atoms with van der Waals surface area (Å²) in [5.74, 6) is 1.23. The van der Waals surface area contributed by atoms with Crippen LogP contribution in [0.1, 0.15) is 41.0 Å². The Bertz CT molecular complexity index is 1560. The first-order valence-corrected chi connectivity index (χ1v) is 12.6.